The van der Waals surface area contributed by atoms with E-state index in [9.17, 15) is 9.18 Å². The van der Waals surface area contributed by atoms with Gasteiger partial charge in [-0.3, -0.25) is 4.79 Å². The molecule has 1 aromatic rings. The molecule has 0 radical (unpaired) electrons. The maximum atomic E-state index is 13.3. The van der Waals surface area contributed by atoms with Gasteiger partial charge in [-0.05, 0) is 12.1 Å². The summed E-state index contributed by atoms with van der Waals surface area (Å²) in [4.78, 5) is 11.1. The minimum absolute atomic E-state index is 0.0282. The van der Waals surface area contributed by atoms with Gasteiger partial charge in [0.2, 0.25) is 0 Å². The van der Waals surface area contributed by atoms with Crippen LogP contribution in [0.15, 0.2) is 12.1 Å². The van der Waals surface area contributed by atoms with Gasteiger partial charge >= 0.3 is 0 Å². The quantitative estimate of drug-likeness (QED) is 0.651. The van der Waals surface area contributed by atoms with E-state index in [1.165, 1.54) is 6.07 Å². The molecule has 5 heteroatoms. The van der Waals surface area contributed by atoms with Crippen LogP contribution in [0.1, 0.15) is 15.9 Å². The standard InChI is InChI=1S/C9H5BrFNO2/c10-3-8(14)5-1-2-7(13)6(4-12)9(5)11/h1-2,13H,3H2. The first kappa shape index (κ1) is 10.7. The van der Waals surface area contributed by atoms with Crippen LogP contribution in [0.2, 0.25) is 0 Å². The fraction of sp³-hybridized carbons (Fsp3) is 0.111. The van der Waals surface area contributed by atoms with E-state index in [4.69, 9.17) is 10.4 Å². The van der Waals surface area contributed by atoms with Crippen LogP contribution >= 0.6 is 15.9 Å². The highest BCUT2D eigenvalue weighted by atomic mass is 79.9. The van der Waals surface area contributed by atoms with Crippen molar-refractivity contribution in [3.05, 3.63) is 29.1 Å². The van der Waals surface area contributed by atoms with Crippen LogP contribution in [0.5, 0.6) is 5.75 Å². The first-order chi connectivity index (χ1) is 6.61. The number of nitrogens with zero attached hydrogens (tertiary/aromatic N) is 1. The molecule has 0 heterocycles. The van der Waals surface area contributed by atoms with Gasteiger partial charge in [0.05, 0.1) is 10.9 Å². The van der Waals surface area contributed by atoms with E-state index < -0.39 is 22.9 Å². The molecule has 0 spiro atoms. The monoisotopic (exact) mass is 257 g/mol. The van der Waals surface area contributed by atoms with Gasteiger partial charge in [-0.2, -0.15) is 5.26 Å². The number of alkyl halides is 1. The predicted octanol–water partition coefficient (Wildman–Crippen LogP) is 1.98. The third kappa shape index (κ3) is 1.75. The Morgan fingerprint density at radius 1 is 1.64 bits per heavy atom. The molecule has 0 bridgehead atoms. The van der Waals surface area contributed by atoms with E-state index in [0.29, 0.717) is 0 Å². The van der Waals surface area contributed by atoms with Crippen LogP contribution in [-0.2, 0) is 0 Å². The summed E-state index contributed by atoms with van der Waals surface area (Å²) in [7, 11) is 0. The molecule has 0 amide bonds. The molecule has 1 N–H and O–H groups in total. The lowest BCUT2D eigenvalue weighted by Gasteiger charge is -2.02. The van der Waals surface area contributed by atoms with Crippen LogP contribution in [0.4, 0.5) is 4.39 Å². The number of aromatic hydroxyl groups is 1. The molecule has 0 fully saturated rings. The fourth-order valence-electron chi connectivity index (χ4n) is 0.960. The molecule has 1 rings (SSSR count). The number of hydrogen-bond acceptors (Lipinski definition) is 3. The number of halogens is 2. The lowest BCUT2D eigenvalue weighted by molar-refractivity contribution is 0.102. The van der Waals surface area contributed by atoms with Crippen LogP contribution in [-0.4, -0.2) is 16.2 Å². The van der Waals surface area contributed by atoms with Crippen molar-refractivity contribution in [1.29, 1.82) is 5.26 Å². The van der Waals surface area contributed by atoms with E-state index >= 15 is 0 Å². The normalized spacial score (nSPS) is 9.50. The summed E-state index contributed by atoms with van der Waals surface area (Å²) in [5.41, 5.74) is -0.701. The number of rotatable bonds is 2. The summed E-state index contributed by atoms with van der Waals surface area (Å²) in [6.45, 7) is 0. The van der Waals surface area contributed by atoms with Gasteiger partial charge in [0.15, 0.2) is 11.6 Å². The summed E-state index contributed by atoms with van der Waals surface area (Å²) < 4.78 is 13.3. The van der Waals surface area contributed by atoms with Crippen molar-refractivity contribution in [2.24, 2.45) is 0 Å². The third-order valence-corrected chi connectivity index (χ3v) is 2.16. The van der Waals surface area contributed by atoms with Crippen LogP contribution in [0, 0.1) is 17.1 Å². The number of hydrogen-bond donors (Lipinski definition) is 1. The first-order valence-corrected chi connectivity index (χ1v) is 4.74. The predicted molar refractivity (Wildman–Crippen MR) is 50.9 cm³/mol. The van der Waals surface area contributed by atoms with Crippen molar-refractivity contribution in [2.75, 3.05) is 5.33 Å². The second kappa shape index (κ2) is 4.20. The smallest absolute Gasteiger partial charge is 0.176 e. The highest BCUT2D eigenvalue weighted by Gasteiger charge is 2.16. The van der Waals surface area contributed by atoms with Gasteiger partial charge in [-0.1, -0.05) is 15.9 Å². The summed E-state index contributed by atoms with van der Waals surface area (Å²) in [6, 6.07) is 3.76. The van der Waals surface area contributed by atoms with E-state index in [-0.39, 0.29) is 10.9 Å². The molecule has 0 aliphatic carbocycles. The first-order valence-electron chi connectivity index (χ1n) is 3.62. The third-order valence-electron chi connectivity index (χ3n) is 1.65. The average Bonchev–Trinajstić information content (AvgIpc) is 2.18. The minimum atomic E-state index is -0.975. The molecule has 0 atom stereocenters. The van der Waals surface area contributed by atoms with E-state index in [1.54, 1.807) is 0 Å². The number of nitriles is 1. The number of phenols is 1. The van der Waals surface area contributed by atoms with Gasteiger partial charge in [-0.25, -0.2) is 4.39 Å². The fourth-order valence-corrected chi connectivity index (χ4v) is 1.26. The minimum Gasteiger partial charge on any atom is -0.506 e. The van der Waals surface area contributed by atoms with Crippen LogP contribution in [0.25, 0.3) is 0 Å². The maximum absolute atomic E-state index is 13.3. The zero-order valence-corrected chi connectivity index (χ0v) is 8.51. The molecule has 14 heavy (non-hydrogen) atoms. The molecular weight excluding hydrogens is 253 g/mol. The maximum Gasteiger partial charge on any atom is 0.176 e. The SMILES string of the molecule is N#Cc1c(O)ccc(C(=O)CBr)c1F. The Kier molecular flexibility index (Phi) is 3.20. The van der Waals surface area contributed by atoms with Crippen molar-refractivity contribution in [2.45, 2.75) is 0 Å². The van der Waals surface area contributed by atoms with Crippen LogP contribution < -0.4 is 0 Å². The van der Waals surface area contributed by atoms with Gasteiger partial charge in [0.25, 0.3) is 0 Å². The second-order valence-electron chi connectivity index (χ2n) is 2.49. The highest BCUT2D eigenvalue weighted by Crippen LogP contribution is 2.22. The lowest BCUT2D eigenvalue weighted by Crippen LogP contribution is -2.04. The molecule has 1 aromatic carbocycles. The Morgan fingerprint density at radius 3 is 2.79 bits per heavy atom. The Labute approximate surface area is 87.9 Å². The number of carbonyl (C=O) groups excluding carboxylic acids is 1. The summed E-state index contributed by atoms with van der Waals surface area (Å²) in [5, 5.41) is 17.6. The second-order valence-corrected chi connectivity index (χ2v) is 3.05. The molecule has 3 nitrogen and oxygen atoms in total. The van der Waals surface area contributed by atoms with Crippen molar-refractivity contribution in [3.8, 4) is 11.8 Å². The van der Waals surface area contributed by atoms with Gasteiger partial charge in [0, 0.05) is 0 Å². The van der Waals surface area contributed by atoms with Crippen molar-refractivity contribution >= 4 is 21.7 Å². The Bertz CT molecular complexity index is 426. The molecular formula is C9H5BrFNO2. The van der Waals surface area contributed by atoms with Crippen molar-refractivity contribution < 1.29 is 14.3 Å². The lowest BCUT2D eigenvalue weighted by atomic mass is 10.1. The number of benzene rings is 1. The Balaban J connectivity index is 3.37. The summed E-state index contributed by atoms with van der Waals surface area (Å²) >= 11 is 2.89. The topological polar surface area (TPSA) is 61.1 Å². The van der Waals surface area contributed by atoms with E-state index in [0.717, 1.165) is 12.1 Å². The zero-order valence-electron chi connectivity index (χ0n) is 6.92. The number of Topliss-reactive ketones (excluding diaryl/α,β-unsaturated/α-hetero) is 1. The number of phenolic OH excluding ortho intramolecular Hbond substituents is 1. The van der Waals surface area contributed by atoms with Gasteiger partial charge in [0.1, 0.15) is 17.4 Å². The largest absolute Gasteiger partial charge is 0.506 e. The van der Waals surface area contributed by atoms with Gasteiger partial charge in [-0.15, -0.1) is 0 Å². The zero-order chi connectivity index (χ0) is 10.7. The molecule has 0 saturated carbocycles. The Hall–Kier alpha value is -1.41. The molecule has 0 saturated heterocycles. The molecule has 0 unspecified atom stereocenters. The van der Waals surface area contributed by atoms with Crippen molar-refractivity contribution in [1.82, 2.24) is 0 Å². The molecule has 72 valence electrons. The van der Waals surface area contributed by atoms with Crippen molar-refractivity contribution in [3.63, 3.8) is 0 Å². The highest BCUT2D eigenvalue weighted by molar-refractivity contribution is 9.09. The number of ketones is 1. The average molecular weight is 258 g/mol. The number of carbonyl (C=O) groups is 1. The van der Waals surface area contributed by atoms with Gasteiger partial charge < -0.3 is 5.11 Å². The van der Waals surface area contributed by atoms with E-state index in [2.05, 4.69) is 15.9 Å². The molecule has 0 aliphatic rings. The summed E-state index contributed by atoms with van der Waals surface area (Å²) in [5.74, 6) is -1.91. The van der Waals surface area contributed by atoms with E-state index in [1.807, 2.05) is 0 Å². The molecule has 0 aromatic heterocycles. The Morgan fingerprint density at radius 2 is 2.29 bits per heavy atom. The summed E-state index contributed by atoms with van der Waals surface area (Å²) in [6.07, 6.45) is 0. The van der Waals surface area contributed by atoms with Crippen LogP contribution in [0.3, 0.4) is 0 Å². The molecule has 0 aliphatic heterocycles.